The molecule has 1 aliphatic carbocycles. The molecule has 1 aromatic heterocycles. The molecule has 0 aliphatic heterocycles. The molecule has 0 spiro atoms. The smallest absolute Gasteiger partial charge is 0.339 e. The first-order valence-electron chi connectivity index (χ1n) is 5.20. The largest absolute Gasteiger partial charge is 0.478 e. The van der Waals surface area contributed by atoms with Crippen molar-refractivity contribution in [3.8, 4) is 0 Å². The summed E-state index contributed by atoms with van der Waals surface area (Å²) in [4.78, 5) is 34.3. The molecule has 90 valence electrons. The lowest BCUT2D eigenvalue weighted by Crippen LogP contribution is -2.12. The van der Waals surface area contributed by atoms with Gasteiger partial charge in [0.05, 0.1) is 10.4 Å². The van der Waals surface area contributed by atoms with Crippen LogP contribution in [-0.4, -0.2) is 22.8 Å². The normalized spacial score (nSPS) is 14.3. The molecule has 0 unspecified atom stereocenters. The van der Waals surface area contributed by atoms with Crippen LogP contribution in [0.2, 0.25) is 0 Å². The highest BCUT2D eigenvalue weighted by Gasteiger charge is 2.29. The Kier molecular flexibility index (Phi) is 2.97. The lowest BCUT2D eigenvalue weighted by Gasteiger charge is -2.09. The highest BCUT2D eigenvalue weighted by molar-refractivity contribution is 7.18. The van der Waals surface area contributed by atoms with Gasteiger partial charge in [0.2, 0.25) is 5.91 Å². The summed E-state index contributed by atoms with van der Waals surface area (Å²) in [6, 6.07) is 0. The van der Waals surface area contributed by atoms with Gasteiger partial charge in [-0.05, 0) is 18.4 Å². The van der Waals surface area contributed by atoms with E-state index in [-0.39, 0.29) is 22.3 Å². The van der Waals surface area contributed by atoms with Crippen LogP contribution in [0.5, 0.6) is 0 Å². The van der Waals surface area contributed by atoms with E-state index in [1.54, 1.807) is 0 Å². The van der Waals surface area contributed by atoms with E-state index < -0.39 is 5.97 Å². The van der Waals surface area contributed by atoms with Crippen LogP contribution in [0.4, 0.5) is 5.00 Å². The first kappa shape index (κ1) is 11.8. The lowest BCUT2D eigenvalue weighted by molar-refractivity contribution is -0.114. The summed E-state index contributed by atoms with van der Waals surface area (Å²) in [6.07, 6.45) is 1.70. The van der Waals surface area contributed by atoms with Crippen molar-refractivity contribution in [2.45, 2.75) is 26.2 Å². The standard InChI is InChI=1S/C11H11NO4S/c1-5(13)12-10-8(11(15)16)6-3-2-4-7(14)9(6)17-10/h2-4H2,1H3,(H,12,13)(H,15,16). The second-order valence-electron chi connectivity index (χ2n) is 3.88. The van der Waals surface area contributed by atoms with E-state index in [9.17, 15) is 14.4 Å². The highest BCUT2D eigenvalue weighted by Crippen LogP contribution is 2.37. The number of carbonyl (C=O) groups excluding carboxylic acids is 2. The molecule has 5 nitrogen and oxygen atoms in total. The Bertz CT molecular complexity index is 518. The Morgan fingerprint density at radius 1 is 1.35 bits per heavy atom. The Morgan fingerprint density at radius 3 is 2.65 bits per heavy atom. The van der Waals surface area contributed by atoms with Gasteiger partial charge in [0.25, 0.3) is 0 Å². The number of carbonyl (C=O) groups is 3. The molecule has 17 heavy (non-hydrogen) atoms. The van der Waals surface area contributed by atoms with Gasteiger partial charge in [-0.1, -0.05) is 0 Å². The molecule has 2 N–H and O–H groups in total. The third-order valence-corrected chi connectivity index (χ3v) is 3.78. The van der Waals surface area contributed by atoms with Crippen LogP contribution in [0.1, 0.15) is 45.4 Å². The van der Waals surface area contributed by atoms with Crippen LogP contribution < -0.4 is 5.32 Å². The number of amides is 1. The molecule has 1 aromatic rings. The maximum absolute atomic E-state index is 11.7. The van der Waals surface area contributed by atoms with Crippen molar-refractivity contribution < 1.29 is 19.5 Å². The van der Waals surface area contributed by atoms with Crippen LogP contribution in [-0.2, 0) is 11.2 Å². The van der Waals surface area contributed by atoms with Crippen molar-refractivity contribution in [1.29, 1.82) is 0 Å². The van der Waals surface area contributed by atoms with Gasteiger partial charge < -0.3 is 10.4 Å². The number of rotatable bonds is 2. The van der Waals surface area contributed by atoms with Gasteiger partial charge in [0.15, 0.2) is 5.78 Å². The van der Waals surface area contributed by atoms with Crippen LogP contribution in [0.15, 0.2) is 0 Å². The quantitative estimate of drug-likeness (QED) is 0.843. The number of aromatic carboxylic acids is 1. The predicted octanol–water partition coefficient (Wildman–Crippen LogP) is 1.92. The second-order valence-corrected chi connectivity index (χ2v) is 4.90. The SMILES string of the molecule is CC(=O)Nc1sc2c(c1C(=O)O)CCCC2=O. The zero-order chi connectivity index (χ0) is 12.6. The van der Waals surface area contributed by atoms with Crippen molar-refractivity contribution in [3.05, 3.63) is 16.0 Å². The van der Waals surface area contributed by atoms with Crippen molar-refractivity contribution >= 4 is 34.0 Å². The van der Waals surface area contributed by atoms with Crippen molar-refractivity contribution in [1.82, 2.24) is 0 Å². The second kappa shape index (κ2) is 4.29. The molecule has 0 bridgehead atoms. The number of thiophene rings is 1. The van der Waals surface area contributed by atoms with Gasteiger partial charge >= 0.3 is 5.97 Å². The number of Topliss-reactive ketones (excluding diaryl/α,β-unsaturated/α-hetero) is 1. The number of ketones is 1. The molecule has 0 saturated heterocycles. The maximum atomic E-state index is 11.7. The van der Waals surface area contributed by atoms with E-state index in [1.807, 2.05) is 0 Å². The van der Waals surface area contributed by atoms with Crippen molar-refractivity contribution in [3.63, 3.8) is 0 Å². The summed E-state index contributed by atoms with van der Waals surface area (Å²) in [6.45, 7) is 1.31. The topological polar surface area (TPSA) is 83.5 Å². The Hall–Kier alpha value is -1.69. The van der Waals surface area contributed by atoms with Crippen LogP contribution >= 0.6 is 11.3 Å². The van der Waals surface area contributed by atoms with E-state index in [4.69, 9.17) is 5.11 Å². The van der Waals surface area contributed by atoms with Gasteiger partial charge in [0, 0.05) is 13.3 Å². The molecule has 1 amide bonds. The van der Waals surface area contributed by atoms with E-state index in [1.165, 1.54) is 6.92 Å². The number of hydrogen-bond acceptors (Lipinski definition) is 4. The lowest BCUT2D eigenvalue weighted by atomic mass is 9.94. The highest BCUT2D eigenvalue weighted by atomic mass is 32.1. The molecule has 6 heteroatoms. The van der Waals surface area contributed by atoms with Crippen LogP contribution in [0.25, 0.3) is 0 Å². The Balaban J connectivity index is 2.56. The van der Waals surface area contributed by atoms with Gasteiger partial charge in [-0.3, -0.25) is 9.59 Å². The number of nitrogens with one attached hydrogen (secondary N) is 1. The summed E-state index contributed by atoms with van der Waals surface area (Å²) >= 11 is 1.06. The van der Waals surface area contributed by atoms with Crippen LogP contribution in [0, 0.1) is 0 Å². The third kappa shape index (κ3) is 2.08. The van der Waals surface area contributed by atoms with Crippen LogP contribution in [0.3, 0.4) is 0 Å². The van der Waals surface area contributed by atoms with E-state index >= 15 is 0 Å². The first-order chi connectivity index (χ1) is 8.00. The molecule has 0 radical (unpaired) electrons. The molecule has 1 aliphatic rings. The molecular formula is C11H11NO4S. The number of anilines is 1. The summed E-state index contributed by atoms with van der Waals surface area (Å²) in [7, 11) is 0. The summed E-state index contributed by atoms with van der Waals surface area (Å²) in [5.74, 6) is -1.46. The fraction of sp³-hybridized carbons (Fsp3) is 0.364. The monoisotopic (exact) mass is 253 g/mol. The van der Waals surface area contributed by atoms with Gasteiger partial charge in [-0.2, -0.15) is 0 Å². The minimum atomic E-state index is -1.10. The van der Waals surface area contributed by atoms with Crippen molar-refractivity contribution in [2.24, 2.45) is 0 Å². The molecule has 2 rings (SSSR count). The predicted molar refractivity (Wildman–Crippen MR) is 62.9 cm³/mol. The molecule has 0 atom stereocenters. The number of hydrogen-bond donors (Lipinski definition) is 2. The number of carboxylic acid groups (broad SMARTS) is 1. The van der Waals surface area contributed by atoms with Gasteiger partial charge in [-0.25, -0.2) is 4.79 Å². The summed E-state index contributed by atoms with van der Waals surface area (Å²) in [5.41, 5.74) is 0.649. The molecule has 0 saturated carbocycles. The average Bonchev–Trinajstić information content (AvgIpc) is 2.56. The fourth-order valence-corrected chi connectivity index (χ4v) is 3.20. The minimum Gasteiger partial charge on any atom is -0.478 e. The van der Waals surface area contributed by atoms with Crippen molar-refractivity contribution in [2.75, 3.05) is 5.32 Å². The first-order valence-corrected chi connectivity index (χ1v) is 6.02. The van der Waals surface area contributed by atoms with Gasteiger partial charge in [0.1, 0.15) is 5.00 Å². The number of fused-ring (bicyclic) bond motifs is 1. The summed E-state index contributed by atoms with van der Waals surface area (Å²) < 4.78 is 0. The zero-order valence-corrected chi connectivity index (χ0v) is 10.0. The molecule has 1 heterocycles. The Labute approximate surface area is 101 Å². The molecule has 0 aromatic carbocycles. The summed E-state index contributed by atoms with van der Waals surface area (Å²) in [5, 5.41) is 11.9. The third-order valence-electron chi connectivity index (χ3n) is 2.59. The molecular weight excluding hydrogens is 242 g/mol. The number of carboxylic acids is 1. The minimum absolute atomic E-state index is 0.0321. The Morgan fingerprint density at radius 2 is 2.06 bits per heavy atom. The maximum Gasteiger partial charge on any atom is 0.339 e. The average molecular weight is 253 g/mol. The van der Waals surface area contributed by atoms with E-state index in [2.05, 4.69) is 5.32 Å². The molecule has 0 fully saturated rings. The van der Waals surface area contributed by atoms with E-state index in [0.717, 1.165) is 11.3 Å². The van der Waals surface area contributed by atoms with Gasteiger partial charge in [-0.15, -0.1) is 11.3 Å². The fourth-order valence-electron chi connectivity index (χ4n) is 1.94. The zero-order valence-electron chi connectivity index (χ0n) is 9.20. The van der Waals surface area contributed by atoms with E-state index in [0.29, 0.717) is 29.7 Å².